The van der Waals surface area contributed by atoms with Crippen LogP contribution < -0.4 is 10.6 Å². The molecule has 0 bridgehead atoms. The molecule has 3 aromatic rings. The third-order valence-electron chi connectivity index (χ3n) is 4.08. The Hall–Kier alpha value is -2.15. The van der Waals surface area contributed by atoms with Crippen LogP contribution in [-0.4, -0.2) is 19.0 Å². The molecule has 0 unspecified atom stereocenters. The Morgan fingerprint density at radius 1 is 0.853 bits per heavy atom. The van der Waals surface area contributed by atoms with E-state index in [2.05, 4.69) is 10.6 Å². The first-order valence-electron chi connectivity index (χ1n) is 8.92. The van der Waals surface area contributed by atoms with Crippen LogP contribution in [0.5, 0.6) is 0 Å². The summed E-state index contributed by atoms with van der Waals surface area (Å²) in [6.07, 6.45) is -4.67. The normalized spacial score (nSPS) is 11.9. The molecule has 0 atom stereocenters. The molecule has 0 aliphatic heterocycles. The van der Waals surface area contributed by atoms with Crippen LogP contribution in [0, 0.1) is 0 Å². The molecule has 0 radical (unpaired) electrons. The van der Waals surface area contributed by atoms with Crippen molar-refractivity contribution in [3.8, 4) is 0 Å². The molecule has 14 heteroatoms. The number of benzene rings is 3. The predicted molar refractivity (Wildman–Crippen MR) is 126 cm³/mol. The molecule has 3 rings (SSSR count). The van der Waals surface area contributed by atoms with Crippen molar-refractivity contribution < 1.29 is 30.9 Å². The van der Waals surface area contributed by atoms with E-state index in [0.717, 1.165) is 30.0 Å². The fraction of sp³-hybridized carbons (Fsp3) is 0.0500. The number of urea groups is 1. The molecule has 0 aliphatic rings. The zero-order chi connectivity index (χ0) is 25.3. The molecule has 0 aromatic heterocycles. The number of rotatable bonds is 5. The Labute approximate surface area is 211 Å². The Morgan fingerprint density at radius 3 is 2.09 bits per heavy atom. The zero-order valence-electron chi connectivity index (χ0n) is 16.5. The lowest BCUT2D eigenvalue weighted by Crippen LogP contribution is -2.20. The summed E-state index contributed by atoms with van der Waals surface area (Å²) < 4.78 is 72.0. The average molecular weight is 572 g/mol. The molecule has 3 aromatic carbocycles. The number of nitrogens with one attached hydrogen (secondary N) is 2. The van der Waals surface area contributed by atoms with Gasteiger partial charge in [0.05, 0.1) is 11.3 Å². The molecule has 34 heavy (non-hydrogen) atoms. The predicted octanol–water partition coefficient (Wildman–Crippen LogP) is 7.71. The minimum Gasteiger partial charge on any atom is -0.308 e. The Bertz CT molecular complexity index is 1370. The number of carbonyl (C=O) groups excluding carboxylic acids is 1. The summed E-state index contributed by atoms with van der Waals surface area (Å²) in [6, 6.07) is 9.79. The van der Waals surface area contributed by atoms with E-state index in [0.29, 0.717) is 11.0 Å². The van der Waals surface area contributed by atoms with Gasteiger partial charge in [-0.2, -0.15) is 21.6 Å². The molecule has 6 nitrogen and oxygen atoms in total. The first-order chi connectivity index (χ1) is 15.7. The van der Waals surface area contributed by atoms with Crippen LogP contribution in [0.15, 0.2) is 69.3 Å². The summed E-state index contributed by atoms with van der Waals surface area (Å²) in [5, 5.41) is 4.77. The third kappa shape index (κ3) is 6.94. The van der Waals surface area contributed by atoms with Crippen molar-refractivity contribution in [2.45, 2.75) is 20.9 Å². The summed E-state index contributed by atoms with van der Waals surface area (Å²) in [6.45, 7) is 0. The maximum absolute atomic E-state index is 13.0. The standard InChI is InChI=1S/C20H12Cl3F3N2O4S2/c21-11-1-3-16(33-17-4-2-12(22)9-18(17)34(30,31)32)15(8-11)28-19(29)27-14-6-10(20(24,25)26)5-13(23)7-14/h1-9H,(H2,27,28,29)(H,30,31,32). The van der Waals surface area contributed by atoms with Crippen molar-refractivity contribution in [2.24, 2.45) is 0 Å². The highest BCUT2D eigenvalue weighted by Crippen LogP contribution is 2.39. The van der Waals surface area contributed by atoms with E-state index < -0.39 is 32.8 Å². The van der Waals surface area contributed by atoms with Crippen molar-refractivity contribution in [3.63, 3.8) is 0 Å². The van der Waals surface area contributed by atoms with Crippen molar-refractivity contribution in [2.75, 3.05) is 10.6 Å². The van der Waals surface area contributed by atoms with Crippen molar-refractivity contribution >= 4 is 74.1 Å². The van der Waals surface area contributed by atoms with Gasteiger partial charge in [0.1, 0.15) is 4.90 Å². The number of amides is 2. The van der Waals surface area contributed by atoms with E-state index in [1.54, 1.807) is 0 Å². The lowest BCUT2D eigenvalue weighted by molar-refractivity contribution is -0.137. The van der Waals surface area contributed by atoms with E-state index in [1.807, 2.05) is 0 Å². The Balaban J connectivity index is 1.89. The largest absolute Gasteiger partial charge is 0.416 e. The summed E-state index contributed by atoms with van der Waals surface area (Å²) in [4.78, 5) is 12.5. The van der Waals surface area contributed by atoms with Gasteiger partial charge in [-0.1, -0.05) is 46.6 Å². The van der Waals surface area contributed by atoms with E-state index in [1.165, 1.54) is 30.3 Å². The maximum atomic E-state index is 13.0. The molecule has 180 valence electrons. The SMILES string of the molecule is O=C(Nc1cc(Cl)cc(C(F)(F)F)c1)Nc1cc(Cl)ccc1Sc1ccc(Cl)cc1S(=O)(=O)O. The highest BCUT2D eigenvalue weighted by atomic mass is 35.5. The van der Waals surface area contributed by atoms with Crippen LogP contribution in [0.2, 0.25) is 15.1 Å². The number of alkyl halides is 3. The van der Waals surface area contributed by atoms with Gasteiger partial charge in [0, 0.05) is 30.5 Å². The summed E-state index contributed by atoms with van der Waals surface area (Å²) in [7, 11) is -4.62. The maximum Gasteiger partial charge on any atom is 0.416 e. The van der Waals surface area contributed by atoms with Gasteiger partial charge >= 0.3 is 12.2 Å². The molecular weight excluding hydrogens is 560 g/mol. The molecule has 0 fully saturated rings. The lowest BCUT2D eigenvalue weighted by Gasteiger charge is -2.15. The highest BCUT2D eigenvalue weighted by molar-refractivity contribution is 8.00. The van der Waals surface area contributed by atoms with E-state index in [4.69, 9.17) is 34.8 Å². The molecule has 3 N–H and O–H groups in total. The lowest BCUT2D eigenvalue weighted by atomic mass is 10.2. The van der Waals surface area contributed by atoms with Gasteiger partial charge in [-0.05, 0) is 54.6 Å². The molecular formula is C20H12Cl3F3N2O4S2. The van der Waals surface area contributed by atoms with Gasteiger partial charge < -0.3 is 10.6 Å². The zero-order valence-corrected chi connectivity index (χ0v) is 20.4. The first-order valence-corrected chi connectivity index (χ1v) is 12.3. The number of carbonyl (C=O) groups is 1. The van der Waals surface area contributed by atoms with Crippen LogP contribution in [0.3, 0.4) is 0 Å². The molecule has 0 saturated heterocycles. The van der Waals surface area contributed by atoms with Crippen LogP contribution in [0.1, 0.15) is 5.56 Å². The van der Waals surface area contributed by atoms with Gasteiger partial charge in [0.15, 0.2) is 0 Å². The van der Waals surface area contributed by atoms with E-state index >= 15 is 0 Å². The van der Waals surface area contributed by atoms with Crippen LogP contribution in [0.4, 0.5) is 29.3 Å². The summed E-state index contributed by atoms with van der Waals surface area (Å²) in [5.74, 6) is 0. The van der Waals surface area contributed by atoms with Crippen molar-refractivity contribution in [3.05, 3.63) is 75.2 Å². The van der Waals surface area contributed by atoms with Gasteiger partial charge in [0.2, 0.25) is 0 Å². The molecule has 2 amide bonds. The second-order valence-electron chi connectivity index (χ2n) is 6.61. The van der Waals surface area contributed by atoms with Crippen molar-refractivity contribution in [1.29, 1.82) is 0 Å². The van der Waals surface area contributed by atoms with Gasteiger partial charge in [-0.15, -0.1) is 0 Å². The number of halogens is 6. The van der Waals surface area contributed by atoms with Crippen LogP contribution >= 0.6 is 46.6 Å². The Morgan fingerprint density at radius 2 is 1.47 bits per heavy atom. The fourth-order valence-corrected chi connectivity index (χ4v) is 5.26. The molecule has 0 heterocycles. The van der Waals surface area contributed by atoms with Crippen molar-refractivity contribution in [1.82, 2.24) is 0 Å². The highest BCUT2D eigenvalue weighted by Gasteiger charge is 2.31. The quantitative estimate of drug-likeness (QED) is 0.273. The topological polar surface area (TPSA) is 95.5 Å². The fourth-order valence-electron chi connectivity index (χ4n) is 2.69. The van der Waals surface area contributed by atoms with Crippen LogP contribution in [0.25, 0.3) is 0 Å². The molecule has 0 spiro atoms. The number of hydrogen-bond acceptors (Lipinski definition) is 4. The van der Waals surface area contributed by atoms with Gasteiger partial charge in [-0.3, -0.25) is 4.55 Å². The third-order valence-corrected chi connectivity index (χ3v) is 6.94. The summed E-state index contributed by atoms with van der Waals surface area (Å²) in [5.41, 5.74) is -1.14. The van der Waals surface area contributed by atoms with Crippen LogP contribution in [-0.2, 0) is 16.3 Å². The van der Waals surface area contributed by atoms with Gasteiger partial charge in [0.25, 0.3) is 10.1 Å². The smallest absolute Gasteiger partial charge is 0.308 e. The first kappa shape index (κ1) is 26.5. The second-order valence-corrected chi connectivity index (χ2v) is 10.4. The summed E-state index contributed by atoms with van der Waals surface area (Å²) >= 11 is 18.4. The Kier molecular flexibility index (Phi) is 7.96. The van der Waals surface area contributed by atoms with E-state index in [9.17, 15) is 30.9 Å². The van der Waals surface area contributed by atoms with Gasteiger partial charge in [-0.25, -0.2) is 4.79 Å². The minimum atomic E-state index is -4.67. The monoisotopic (exact) mass is 570 g/mol. The minimum absolute atomic E-state index is 0.0746. The van der Waals surface area contributed by atoms with E-state index in [-0.39, 0.29) is 31.3 Å². The number of anilines is 2. The second kappa shape index (κ2) is 10.2. The average Bonchev–Trinajstić information content (AvgIpc) is 2.69. The molecule has 0 aliphatic carbocycles. The molecule has 0 saturated carbocycles. The number of hydrogen-bond donors (Lipinski definition) is 3.